The van der Waals surface area contributed by atoms with E-state index in [4.69, 9.17) is 5.11 Å². The average Bonchev–Trinajstić information content (AvgIpc) is 3.05. The lowest BCUT2D eigenvalue weighted by Crippen LogP contribution is -2.36. The zero-order valence-corrected chi connectivity index (χ0v) is 12.4. The van der Waals surface area contributed by atoms with Crippen LogP contribution in [0.1, 0.15) is 46.5 Å². The number of hydrogen-bond donors (Lipinski definition) is 1. The first-order valence-corrected chi connectivity index (χ1v) is 7.29. The van der Waals surface area contributed by atoms with Gasteiger partial charge in [0, 0.05) is 13.0 Å². The number of aliphatic carboxylic acids is 1. The highest BCUT2D eigenvalue weighted by Gasteiger charge is 2.58. The molecule has 1 aliphatic heterocycles. The second kappa shape index (κ2) is 5.19. The standard InChI is InChI=1S/C15H23NO4/c1-15(2,3)9(4-5-12(17)18)6-7-16-13(19)10-8-11(10)14(16)20/h9-11H,4-8H2,1-3H3,(H,17,18). The third-order valence-electron chi connectivity index (χ3n) is 4.59. The molecule has 2 amide bonds. The van der Waals surface area contributed by atoms with Crippen LogP contribution in [0, 0.1) is 23.2 Å². The minimum Gasteiger partial charge on any atom is -0.481 e. The van der Waals surface area contributed by atoms with E-state index < -0.39 is 5.97 Å². The molecule has 1 saturated carbocycles. The van der Waals surface area contributed by atoms with Gasteiger partial charge in [-0.25, -0.2) is 0 Å². The molecule has 1 saturated heterocycles. The lowest BCUT2D eigenvalue weighted by molar-refractivity contribution is -0.142. The van der Waals surface area contributed by atoms with Gasteiger partial charge in [-0.1, -0.05) is 20.8 Å². The molecule has 1 heterocycles. The summed E-state index contributed by atoms with van der Waals surface area (Å²) in [5.74, 6) is -0.744. The first-order chi connectivity index (χ1) is 9.21. The molecular weight excluding hydrogens is 258 g/mol. The molecule has 0 aromatic carbocycles. The maximum atomic E-state index is 11.9. The summed E-state index contributed by atoms with van der Waals surface area (Å²) in [6.07, 6.45) is 2.14. The fraction of sp³-hybridized carbons (Fsp3) is 0.800. The summed E-state index contributed by atoms with van der Waals surface area (Å²) in [7, 11) is 0. The molecule has 0 radical (unpaired) electrons. The van der Waals surface area contributed by atoms with Crippen molar-refractivity contribution in [2.45, 2.75) is 46.5 Å². The van der Waals surface area contributed by atoms with Crippen molar-refractivity contribution in [2.75, 3.05) is 6.54 Å². The Morgan fingerprint density at radius 1 is 1.25 bits per heavy atom. The number of carboxylic acids is 1. The third-order valence-corrected chi connectivity index (χ3v) is 4.59. The van der Waals surface area contributed by atoms with E-state index in [0.717, 1.165) is 6.42 Å². The van der Waals surface area contributed by atoms with Gasteiger partial charge in [-0.3, -0.25) is 19.3 Å². The smallest absolute Gasteiger partial charge is 0.303 e. The van der Waals surface area contributed by atoms with E-state index in [1.807, 2.05) is 0 Å². The second-order valence-electron chi connectivity index (χ2n) is 7.06. The first-order valence-electron chi connectivity index (χ1n) is 7.29. The molecule has 2 fully saturated rings. The van der Waals surface area contributed by atoms with Gasteiger partial charge in [0.1, 0.15) is 0 Å². The molecule has 0 bridgehead atoms. The molecule has 5 nitrogen and oxygen atoms in total. The Bertz CT molecular complexity index is 418. The predicted molar refractivity (Wildman–Crippen MR) is 72.7 cm³/mol. The number of amides is 2. The van der Waals surface area contributed by atoms with Gasteiger partial charge in [0.2, 0.25) is 11.8 Å². The van der Waals surface area contributed by atoms with Gasteiger partial charge in [0.25, 0.3) is 0 Å². The molecule has 1 aliphatic carbocycles. The van der Waals surface area contributed by atoms with E-state index >= 15 is 0 Å². The van der Waals surface area contributed by atoms with Crippen LogP contribution in [0.25, 0.3) is 0 Å². The lowest BCUT2D eigenvalue weighted by Gasteiger charge is -2.32. The lowest BCUT2D eigenvalue weighted by atomic mass is 9.76. The van der Waals surface area contributed by atoms with Gasteiger partial charge >= 0.3 is 5.97 Å². The average molecular weight is 281 g/mol. The van der Waals surface area contributed by atoms with Crippen molar-refractivity contribution in [2.24, 2.45) is 23.2 Å². The van der Waals surface area contributed by atoms with Crippen LogP contribution in [0.5, 0.6) is 0 Å². The molecule has 3 atom stereocenters. The van der Waals surface area contributed by atoms with Crippen LogP contribution >= 0.6 is 0 Å². The maximum Gasteiger partial charge on any atom is 0.303 e. The fourth-order valence-electron chi connectivity index (χ4n) is 3.06. The molecule has 0 spiro atoms. The van der Waals surface area contributed by atoms with Gasteiger partial charge in [-0.15, -0.1) is 0 Å². The van der Waals surface area contributed by atoms with Crippen molar-refractivity contribution in [1.82, 2.24) is 4.90 Å². The van der Waals surface area contributed by atoms with Crippen LogP contribution in [-0.2, 0) is 14.4 Å². The highest BCUT2D eigenvalue weighted by molar-refractivity contribution is 6.08. The summed E-state index contributed by atoms with van der Waals surface area (Å²) in [4.78, 5) is 35.9. The molecule has 2 rings (SSSR count). The quantitative estimate of drug-likeness (QED) is 0.755. The number of likely N-dealkylation sites (tertiary alicyclic amines) is 1. The summed E-state index contributed by atoms with van der Waals surface area (Å²) in [6, 6.07) is 0. The van der Waals surface area contributed by atoms with Gasteiger partial charge in [-0.05, 0) is 30.6 Å². The Labute approximate surface area is 119 Å². The highest BCUT2D eigenvalue weighted by Crippen LogP contribution is 2.47. The van der Waals surface area contributed by atoms with Gasteiger partial charge in [0.05, 0.1) is 11.8 Å². The zero-order valence-electron chi connectivity index (χ0n) is 12.4. The van der Waals surface area contributed by atoms with Crippen molar-refractivity contribution in [3.63, 3.8) is 0 Å². The first kappa shape index (κ1) is 15.0. The molecule has 2 aliphatic rings. The van der Waals surface area contributed by atoms with Crippen LogP contribution in [0.3, 0.4) is 0 Å². The Kier molecular flexibility index (Phi) is 3.89. The molecule has 0 aromatic rings. The van der Waals surface area contributed by atoms with Crippen molar-refractivity contribution in [3.05, 3.63) is 0 Å². The van der Waals surface area contributed by atoms with E-state index in [0.29, 0.717) is 19.4 Å². The van der Waals surface area contributed by atoms with Gasteiger partial charge < -0.3 is 5.11 Å². The van der Waals surface area contributed by atoms with E-state index in [2.05, 4.69) is 20.8 Å². The summed E-state index contributed by atoms with van der Waals surface area (Å²) >= 11 is 0. The van der Waals surface area contributed by atoms with Crippen LogP contribution in [0.4, 0.5) is 0 Å². The Balaban J connectivity index is 1.90. The van der Waals surface area contributed by atoms with Crippen LogP contribution in [0.2, 0.25) is 0 Å². The molecular formula is C15H23NO4. The number of carbonyl (C=O) groups is 3. The normalized spacial score (nSPS) is 26.6. The SMILES string of the molecule is CC(C)(C)C(CCC(=O)O)CCN1C(=O)C2CC2C1=O. The molecule has 3 unspecified atom stereocenters. The number of carbonyl (C=O) groups excluding carboxylic acids is 2. The summed E-state index contributed by atoms with van der Waals surface area (Å²) in [5, 5.41) is 8.81. The van der Waals surface area contributed by atoms with E-state index in [1.165, 1.54) is 4.90 Å². The summed E-state index contributed by atoms with van der Waals surface area (Å²) < 4.78 is 0. The monoisotopic (exact) mass is 281 g/mol. The summed E-state index contributed by atoms with van der Waals surface area (Å²) in [5.41, 5.74) is -0.0236. The Morgan fingerprint density at radius 3 is 2.25 bits per heavy atom. The minimum absolute atomic E-state index is 0.0223. The van der Waals surface area contributed by atoms with Crippen molar-refractivity contribution >= 4 is 17.8 Å². The molecule has 1 N–H and O–H groups in total. The highest BCUT2D eigenvalue weighted by atomic mass is 16.4. The Morgan fingerprint density at radius 2 is 1.80 bits per heavy atom. The van der Waals surface area contributed by atoms with Crippen LogP contribution in [0.15, 0.2) is 0 Å². The number of piperidine rings is 1. The number of fused-ring (bicyclic) bond motifs is 1. The number of rotatable bonds is 6. The number of imide groups is 1. The predicted octanol–water partition coefficient (Wildman–Crippen LogP) is 1.91. The zero-order chi connectivity index (χ0) is 15.1. The Hall–Kier alpha value is -1.39. The minimum atomic E-state index is -0.797. The largest absolute Gasteiger partial charge is 0.481 e. The summed E-state index contributed by atoms with van der Waals surface area (Å²) in [6.45, 7) is 6.66. The van der Waals surface area contributed by atoms with Gasteiger partial charge in [0.15, 0.2) is 0 Å². The number of carboxylic acid groups (broad SMARTS) is 1. The number of hydrogen-bond acceptors (Lipinski definition) is 3. The van der Waals surface area contributed by atoms with E-state index in [9.17, 15) is 14.4 Å². The molecule has 0 aromatic heterocycles. The van der Waals surface area contributed by atoms with Crippen LogP contribution < -0.4 is 0 Å². The van der Waals surface area contributed by atoms with Crippen molar-refractivity contribution in [3.8, 4) is 0 Å². The van der Waals surface area contributed by atoms with Crippen molar-refractivity contribution < 1.29 is 19.5 Å². The topological polar surface area (TPSA) is 74.7 Å². The molecule has 5 heteroatoms. The van der Waals surface area contributed by atoms with E-state index in [1.54, 1.807) is 0 Å². The van der Waals surface area contributed by atoms with Crippen molar-refractivity contribution in [1.29, 1.82) is 0 Å². The van der Waals surface area contributed by atoms with Crippen LogP contribution in [-0.4, -0.2) is 34.3 Å². The second-order valence-corrected chi connectivity index (χ2v) is 7.06. The maximum absolute atomic E-state index is 11.9. The van der Waals surface area contributed by atoms with Gasteiger partial charge in [-0.2, -0.15) is 0 Å². The molecule has 112 valence electrons. The van der Waals surface area contributed by atoms with E-state index in [-0.39, 0.29) is 41.4 Å². The fourth-order valence-corrected chi connectivity index (χ4v) is 3.06. The molecule has 20 heavy (non-hydrogen) atoms. The third kappa shape index (κ3) is 3.02. The number of nitrogens with zero attached hydrogens (tertiary/aromatic N) is 1.